The molecule has 0 radical (unpaired) electrons. The highest BCUT2D eigenvalue weighted by molar-refractivity contribution is 6.30. The number of halogens is 2. The van der Waals surface area contributed by atoms with E-state index in [1.165, 1.54) is 0 Å². The summed E-state index contributed by atoms with van der Waals surface area (Å²) in [6, 6.07) is 11.7. The van der Waals surface area contributed by atoms with Gasteiger partial charge in [0.2, 0.25) is 0 Å². The fourth-order valence-electron chi connectivity index (χ4n) is 1.72. The predicted molar refractivity (Wildman–Crippen MR) is 87.6 cm³/mol. The van der Waals surface area contributed by atoms with Gasteiger partial charge in [-0.2, -0.15) is 0 Å². The summed E-state index contributed by atoms with van der Waals surface area (Å²) in [4.78, 5) is 0. The lowest BCUT2D eigenvalue weighted by atomic mass is 10.0. The maximum atomic E-state index is 5.99. The van der Waals surface area contributed by atoms with Crippen molar-refractivity contribution in [2.24, 2.45) is 0 Å². The van der Waals surface area contributed by atoms with Crippen molar-refractivity contribution in [1.82, 2.24) is 5.32 Å². The Morgan fingerprint density at radius 2 is 1.95 bits per heavy atom. The van der Waals surface area contributed by atoms with E-state index in [-0.39, 0.29) is 17.9 Å². The highest BCUT2D eigenvalue weighted by atomic mass is 35.5. The van der Waals surface area contributed by atoms with Gasteiger partial charge in [0.05, 0.1) is 6.54 Å². The largest absolute Gasteiger partial charge is 0.460 e. The molecule has 1 aromatic heterocycles. The van der Waals surface area contributed by atoms with E-state index < -0.39 is 0 Å². The van der Waals surface area contributed by atoms with Crippen LogP contribution in [0.3, 0.4) is 0 Å². The van der Waals surface area contributed by atoms with Gasteiger partial charge in [0, 0.05) is 16.1 Å². The number of benzene rings is 1. The van der Waals surface area contributed by atoms with Crippen molar-refractivity contribution in [3.8, 4) is 11.3 Å². The molecular formula is C16H21Cl2NO. The highest BCUT2D eigenvalue weighted by Crippen LogP contribution is 2.25. The maximum Gasteiger partial charge on any atom is 0.134 e. The van der Waals surface area contributed by atoms with E-state index in [2.05, 4.69) is 26.1 Å². The van der Waals surface area contributed by atoms with Gasteiger partial charge in [0.1, 0.15) is 11.5 Å². The number of furan rings is 1. The second-order valence-corrected chi connectivity index (χ2v) is 5.80. The van der Waals surface area contributed by atoms with Gasteiger partial charge in [-0.25, -0.2) is 0 Å². The van der Waals surface area contributed by atoms with Gasteiger partial charge in [-0.3, -0.25) is 0 Å². The van der Waals surface area contributed by atoms with Gasteiger partial charge in [0.25, 0.3) is 0 Å². The van der Waals surface area contributed by atoms with Crippen LogP contribution in [-0.4, -0.2) is 5.54 Å². The molecular weight excluding hydrogens is 293 g/mol. The lowest BCUT2D eigenvalue weighted by Crippen LogP contribution is -2.37. The number of rotatable bonds is 5. The Labute approximate surface area is 131 Å². The van der Waals surface area contributed by atoms with E-state index in [4.69, 9.17) is 16.0 Å². The SMILES string of the molecule is CCC(C)(C)NCc1ccc(-c2cccc(Cl)c2)o1.Cl. The molecule has 1 N–H and O–H groups in total. The Hall–Kier alpha value is -0.960. The minimum absolute atomic E-state index is 0. The summed E-state index contributed by atoms with van der Waals surface area (Å²) in [5.74, 6) is 1.80. The molecule has 0 fully saturated rings. The Morgan fingerprint density at radius 1 is 1.20 bits per heavy atom. The number of nitrogens with one attached hydrogen (secondary N) is 1. The number of hydrogen-bond donors (Lipinski definition) is 1. The molecule has 0 spiro atoms. The zero-order chi connectivity index (χ0) is 13.9. The molecule has 0 aliphatic carbocycles. The van der Waals surface area contributed by atoms with Gasteiger partial charge in [-0.15, -0.1) is 12.4 Å². The zero-order valence-corrected chi connectivity index (χ0v) is 13.6. The van der Waals surface area contributed by atoms with E-state index in [1.807, 2.05) is 36.4 Å². The van der Waals surface area contributed by atoms with Crippen LogP contribution in [0.25, 0.3) is 11.3 Å². The van der Waals surface area contributed by atoms with Crippen LogP contribution in [0, 0.1) is 0 Å². The first kappa shape index (κ1) is 17.1. The third kappa shape index (κ3) is 4.55. The molecule has 0 atom stereocenters. The van der Waals surface area contributed by atoms with Crippen molar-refractivity contribution in [3.63, 3.8) is 0 Å². The average Bonchev–Trinajstić information content (AvgIpc) is 2.85. The molecule has 0 aliphatic heterocycles. The first-order valence-electron chi connectivity index (χ1n) is 6.60. The first-order valence-corrected chi connectivity index (χ1v) is 6.98. The minimum atomic E-state index is 0. The van der Waals surface area contributed by atoms with Crippen LogP contribution in [0.5, 0.6) is 0 Å². The lowest BCUT2D eigenvalue weighted by molar-refractivity contribution is 0.353. The predicted octanol–water partition coefficient (Wildman–Crippen LogP) is 5.30. The van der Waals surface area contributed by atoms with Crippen LogP contribution in [0.1, 0.15) is 33.0 Å². The first-order chi connectivity index (χ1) is 9.00. The van der Waals surface area contributed by atoms with Gasteiger partial charge in [-0.05, 0) is 44.5 Å². The van der Waals surface area contributed by atoms with E-state index >= 15 is 0 Å². The maximum absolute atomic E-state index is 5.99. The van der Waals surface area contributed by atoms with E-state index in [1.54, 1.807) is 0 Å². The molecule has 0 saturated carbocycles. The molecule has 20 heavy (non-hydrogen) atoms. The Kier molecular flexibility index (Phi) is 6.12. The molecule has 0 unspecified atom stereocenters. The normalized spacial score (nSPS) is 11.2. The average molecular weight is 314 g/mol. The topological polar surface area (TPSA) is 25.2 Å². The van der Waals surface area contributed by atoms with Crippen molar-refractivity contribution in [2.45, 2.75) is 39.3 Å². The van der Waals surface area contributed by atoms with Crippen LogP contribution in [0.4, 0.5) is 0 Å². The van der Waals surface area contributed by atoms with Crippen LogP contribution >= 0.6 is 24.0 Å². The fraction of sp³-hybridized carbons (Fsp3) is 0.375. The second-order valence-electron chi connectivity index (χ2n) is 5.37. The summed E-state index contributed by atoms with van der Waals surface area (Å²) in [6.45, 7) is 7.29. The number of hydrogen-bond acceptors (Lipinski definition) is 2. The second kappa shape index (κ2) is 7.16. The monoisotopic (exact) mass is 313 g/mol. The van der Waals surface area contributed by atoms with Crippen molar-refractivity contribution in [1.29, 1.82) is 0 Å². The Morgan fingerprint density at radius 3 is 2.60 bits per heavy atom. The fourth-order valence-corrected chi connectivity index (χ4v) is 1.91. The molecule has 1 aromatic carbocycles. The summed E-state index contributed by atoms with van der Waals surface area (Å²) in [7, 11) is 0. The standard InChI is InChI=1S/C16H20ClNO.ClH/c1-4-16(2,3)18-11-14-8-9-15(19-14)12-6-5-7-13(17)10-12;/h5-10,18H,4,11H2,1-3H3;1H. The molecule has 2 nitrogen and oxygen atoms in total. The van der Waals surface area contributed by atoms with Crippen LogP contribution < -0.4 is 5.32 Å². The third-order valence-electron chi connectivity index (χ3n) is 3.40. The molecule has 4 heteroatoms. The summed E-state index contributed by atoms with van der Waals surface area (Å²) in [5, 5.41) is 4.20. The van der Waals surface area contributed by atoms with Crippen LogP contribution in [-0.2, 0) is 6.54 Å². The molecule has 1 heterocycles. The molecule has 110 valence electrons. The van der Waals surface area contributed by atoms with Gasteiger partial charge < -0.3 is 9.73 Å². The summed E-state index contributed by atoms with van der Waals surface area (Å²) in [6.07, 6.45) is 1.08. The summed E-state index contributed by atoms with van der Waals surface area (Å²) >= 11 is 5.99. The minimum Gasteiger partial charge on any atom is -0.460 e. The molecule has 0 aliphatic rings. The van der Waals surface area contributed by atoms with Gasteiger partial charge in [0.15, 0.2) is 0 Å². The Bertz CT molecular complexity index is 549. The van der Waals surface area contributed by atoms with Gasteiger partial charge >= 0.3 is 0 Å². The Balaban J connectivity index is 0.00000200. The van der Waals surface area contributed by atoms with E-state index in [0.717, 1.165) is 35.1 Å². The van der Waals surface area contributed by atoms with Crippen molar-refractivity contribution < 1.29 is 4.42 Å². The lowest BCUT2D eigenvalue weighted by Gasteiger charge is -2.23. The third-order valence-corrected chi connectivity index (χ3v) is 3.63. The van der Waals surface area contributed by atoms with Crippen LogP contribution in [0.15, 0.2) is 40.8 Å². The quantitative estimate of drug-likeness (QED) is 0.810. The van der Waals surface area contributed by atoms with Crippen molar-refractivity contribution in [2.75, 3.05) is 0 Å². The van der Waals surface area contributed by atoms with Crippen molar-refractivity contribution in [3.05, 3.63) is 47.2 Å². The molecule has 0 saturated heterocycles. The van der Waals surface area contributed by atoms with E-state index in [0.29, 0.717) is 0 Å². The molecule has 0 amide bonds. The van der Waals surface area contributed by atoms with Crippen LogP contribution in [0.2, 0.25) is 5.02 Å². The molecule has 2 aromatic rings. The summed E-state index contributed by atoms with van der Waals surface area (Å²) in [5.41, 5.74) is 1.14. The van der Waals surface area contributed by atoms with Crippen molar-refractivity contribution >= 4 is 24.0 Å². The highest BCUT2D eigenvalue weighted by Gasteiger charge is 2.14. The van der Waals surface area contributed by atoms with Gasteiger partial charge in [-0.1, -0.05) is 30.7 Å². The smallest absolute Gasteiger partial charge is 0.134 e. The van der Waals surface area contributed by atoms with E-state index in [9.17, 15) is 0 Å². The summed E-state index contributed by atoms with van der Waals surface area (Å²) < 4.78 is 5.84. The molecule has 0 bridgehead atoms. The molecule has 2 rings (SSSR count). The zero-order valence-electron chi connectivity index (χ0n) is 12.1.